The van der Waals surface area contributed by atoms with E-state index in [4.69, 9.17) is 20.9 Å². The number of nitrogen functional groups attached to an aromatic ring is 1. The molecule has 0 saturated carbocycles. The number of ether oxygens (including phenoxy) is 2. The number of hydrogen-bond donors (Lipinski definition) is 2. The summed E-state index contributed by atoms with van der Waals surface area (Å²) in [7, 11) is 0. The third-order valence-corrected chi connectivity index (χ3v) is 3.14. The Kier molecular flexibility index (Phi) is 3.96. The van der Waals surface area contributed by atoms with Crippen LogP contribution in [0.1, 0.15) is 18.9 Å². The molecule has 7 heteroatoms. The Hall–Kier alpha value is -2.05. The number of halogens is 2. The Morgan fingerprint density at radius 2 is 2.30 bits per heavy atom. The van der Waals surface area contributed by atoms with Gasteiger partial charge in [0.1, 0.15) is 5.75 Å². The van der Waals surface area contributed by atoms with Crippen molar-refractivity contribution < 1.29 is 18.3 Å². The summed E-state index contributed by atoms with van der Waals surface area (Å²) in [5, 5.41) is 0. The van der Waals surface area contributed by atoms with Gasteiger partial charge in [-0.3, -0.25) is 0 Å². The summed E-state index contributed by atoms with van der Waals surface area (Å²) in [5.41, 5.74) is 12.0. The monoisotopic (exact) mass is 285 g/mol. The van der Waals surface area contributed by atoms with Crippen LogP contribution < -0.4 is 16.2 Å². The highest BCUT2D eigenvalue weighted by Crippen LogP contribution is 2.40. The second-order valence-electron chi connectivity index (χ2n) is 4.78. The number of aliphatic imine (C=N–C) groups is 1. The molecule has 1 aliphatic heterocycles. The minimum atomic E-state index is -2.59. The summed E-state index contributed by atoms with van der Waals surface area (Å²) in [4.78, 5) is 4.23. The fraction of sp³-hybridized carbons (Fsp3) is 0.462. The van der Waals surface area contributed by atoms with Crippen molar-refractivity contribution in [3.63, 3.8) is 0 Å². The number of rotatable bonds is 3. The van der Waals surface area contributed by atoms with Gasteiger partial charge in [0.25, 0.3) is 12.4 Å². The Morgan fingerprint density at radius 3 is 3.00 bits per heavy atom. The minimum Gasteiger partial charge on any atom is -0.493 e. The molecule has 1 atom stereocenters. The maximum Gasteiger partial charge on any atom is 0.283 e. The molecule has 0 saturated heterocycles. The molecule has 2 rings (SSSR count). The van der Waals surface area contributed by atoms with E-state index in [0.29, 0.717) is 24.5 Å². The lowest BCUT2D eigenvalue weighted by Gasteiger charge is -2.32. The molecule has 5 nitrogen and oxygen atoms in total. The van der Waals surface area contributed by atoms with E-state index in [-0.39, 0.29) is 6.02 Å². The van der Waals surface area contributed by atoms with E-state index in [1.165, 1.54) is 0 Å². The third-order valence-electron chi connectivity index (χ3n) is 3.14. The van der Waals surface area contributed by atoms with E-state index in [1.54, 1.807) is 18.2 Å². The molecular formula is C13H17F2N3O2. The highest BCUT2D eigenvalue weighted by Gasteiger charge is 2.34. The summed E-state index contributed by atoms with van der Waals surface area (Å²) in [5.74, 6) is 0.665. The average molecular weight is 285 g/mol. The zero-order valence-corrected chi connectivity index (χ0v) is 11.1. The van der Waals surface area contributed by atoms with E-state index in [1.807, 2.05) is 6.92 Å². The maximum atomic E-state index is 12.1. The molecule has 1 aliphatic rings. The molecule has 20 heavy (non-hydrogen) atoms. The van der Waals surface area contributed by atoms with Gasteiger partial charge >= 0.3 is 0 Å². The molecule has 0 fully saturated rings. The van der Waals surface area contributed by atoms with Gasteiger partial charge in [-0.15, -0.1) is 0 Å². The van der Waals surface area contributed by atoms with E-state index >= 15 is 0 Å². The van der Waals surface area contributed by atoms with Crippen LogP contribution >= 0.6 is 0 Å². The quantitative estimate of drug-likeness (QED) is 0.504. The number of nitrogens with two attached hydrogens (primary N) is 2. The first-order valence-electron chi connectivity index (χ1n) is 6.20. The summed E-state index contributed by atoms with van der Waals surface area (Å²) in [6, 6.07) is 4.97. The largest absolute Gasteiger partial charge is 0.493 e. The van der Waals surface area contributed by atoms with Gasteiger partial charge in [0, 0.05) is 17.7 Å². The van der Waals surface area contributed by atoms with Crippen molar-refractivity contribution in [1.29, 1.82) is 0 Å². The summed E-state index contributed by atoms with van der Waals surface area (Å²) >= 11 is 0. The Balaban J connectivity index is 2.27. The second kappa shape index (κ2) is 5.52. The summed E-state index contributed by atoms with van der Waals surface area (Å²) < 4.78 is 34.4. The fourth-order valence-electron chi connectivity index (χ4n) is 2.13. The fourth-order valence-corrected chi connectivity index (χ4v) is 2.13. The van der Waals surface area contributed by atoms with Gasteiger partial charge < -0.3 is 20.9 Å². The van der Waals surface area contributed by atoms with Crippen molar-refractivity contribution in [1.82, 2.24) is 0 Å². The van der Waals surface area contributed by atoms with Crippen LogP contribution in [0, 0.1) is 0 Å². The van der Waals surface area contributed by atoms with Crippen molar-refractivity contribution in [2.24, 2.45) is 10.7 Å². The van der Waals surface area contributed by atoms with Gasteiger partial charge in [0.05, 0.1) is 12.1 Å². The Morgan fingerprint density at radius 1 is 1.55 bits per heavy atom. The predicted octanol–water partition coefficient (Wildman–Crippen LogP) is 1.86. The van der Waals surface area contributed by atoms with Gasteiger partial charge in [0.15, 0.2) is 6.61 Å². The highest BCUT2D eigenvalue weighted by molar-refractivity contribution is 5.72. The molecule has 0 radical (unpaired) electrons. The Labute approximate surface area is 115 Å². The van der Waals surface area contributed by atoms with Crippen molar-refractivity contribution in [3.05, 3.63) is 23.8 Å². The van der Waals surface area contributed by atoms with Crippen LogP contribution in [-0.4, -0.2) is 25.7 Å². The van der Waals surface area contributed by atoms with E-state index in [0.717, 1.165) is 5.56 Å². The molecule has 0 bridgehead atoms. The van der Waals surface area contributed by atoms with Gasteiger partial charge in [-0.25, -0.2) is 13.8 Å². The van der Waals surface area contributed by atoms with E-state index in [9.17, 15) is 8.78 Å². The predicted molar refractivity (Wildman–Crippen MR) is 71.9 cm³/mol. The van der Waals surface area contributed by atoms with Crippen molar-refractivity contribution in [3.8, 4) is 5.75 Å². The molecule has 1 aromatic carbocycles. The van der Waals surface area contributed by atoms with Crippen molar-refractivity contribution in [2.45, 2.75) is 25.3 Å². The average Bonchev–Trinajstić information content (AvgIpc) is 2.37. The molecule has 0 aliphatic carbocycles. The highest BCUT2D eigenvalue weighted by atomic mass is 19.3. The number of amidine groups is 1. The standard InChI is InChI=1S/C13H17F2N3O2/c1-13(18-12(17)20-7-11(14)15)4-5-19-10-3-2-8(16)6-9(10)13/h2-3,6,11H,4-5,7,16H2,1H3,(H2,17,18)/t13-/m1/s1. The zero-order chi connectivity index (χ0) is 14.8. The van der Waals surface area contributed by atoms with Gasteiger partial charge in [-0.05, 0) is 25.1 Å². The van der Waals surface area contributed by atoms with Gasteiger partial charge in [0.2, 0.25) is 0 Å². The first-order valence-corrected chi connectivity index (χ1v) is 6.20. The number of hydrogen-bond acceptors (Lipinski definition) is 4. The van der Waals surface area contributed by atoms with Gasteiger partial charge in [-0.2, -0.15) is 0 Å². The molecule has 1 heterocycles. The zero-order valence-electron chi connectivity index (χ0n) is 11.1. The van der Waals surface area contributed by atoms with Crippen LogP contribution in [0.4, 0.5) is 14.5 Å². The van der Waals surface area contributed by atoms with Crippen LogP contribution in [0.15, 0.2) is 23.2 Å². The lowest BCUT2D eigenvalue weighted by Crippen LogP contribution is -2.32. The number of fused-ring (bicyclic) bond motifs is 1. The SMILES string of the molecule is C[C@@]1(/N=C(/N)OCC(F)F)CCOc2ccc(N)cc21. The molecule has 0 unspecified atom stereocenters. The molecular weight excluding hydrogens is 268 g/mol. The normalized spacial score (nSPS) is 22.3. The van der Waals surface area contributed by atoms with Crippen LogP contribution in [0.5, 0.6) is 5.75 Å². The van der Waals surface area contributed by atoms with Crippen LogP contribution in [-0.2, 0) is 10.3 Å². The lowest BCUT2D eigenvalue weighted by molar-refractivity contribution is 0.0741. The molecule has 0 spiro atoms. The van der Waals surface area contributed by atoms with Crippen LogP contribution in [0.3, 0.4) is 0 Å². The van der Waals surface area contributed by atoms with E-state index < -0.39 is 18.6 Å². The smallest absolute Gasteiger partial charge is 0.283 e. The number of benzene rings is 1. The molecule has 0 amide bonds. The number of anilines is 1. The van der Waals surface area contributed by atoms with Crippen LogP contribution in [0.2, 0.25) is 0 Å². The van der Waals surface area contributed by atoms with E-state index in [2.05, 4.69) is 4.99 Å². The second-order valence-corrected chi connectivity index (χ2v) is 4.78. The topological polar surface area (TPSA) is 82.9 Å². The van der Waals surface area contributed by atoms with Crippen molar-refractivity contribution in [2.75, 3.05) is 18.9 Å². The number of nitrogens with zero attached hydrogens (tertiary/aromatic N) is 1. The lowest BCUT2D eigenvalue weighted by atomic mass is 9.87. The van der Waals surface area contributed by atoms with Gasteiger partial charge in [-0.1, -0.05) is 0 Å². The maximum absolute atomic E-state index is 12.1. The number of alkyl halides is 2. The molecule has 4 N–H and O–H groups in total. The summed E-state index contributed by atoms with van der Waals surface area (Å²) in [6.07, 6.45) is -2.03. The molecule has 110 valence electrons. The van der Waals surface area contributed by atoms with Crippen LogP contribution in [0.25, 0.3) is 0 Å². The third kappa shape index (κ3) is 3.09. The molecule has 1 aromatic rings. The summed E-state index contributed by atoms with van der Waals surface area (Å²) in [6.45, 7) is 1.52. The molecule has 0 aromatic heterocycles. The Bertz CT molecular complexity index is 522. The first kappa shape index (κ1) is 14.4. The van der Waals surface area contributed by atoms with Crippen molar-refractivity contribution >= 4 is 11.7 Å². The minimum absolute atomic E-state index is 0.261. The first-order chi connectivity index (χ1) is 9.40.